The summed E-state index contributed by atoms with van der Waals surface area (Å²) < 4.78 is 26.1. The van der Waals surface area contributed by atoms with Crippen molar-refractivity contribution in [2.24, 2.45) is 5.10 Å². The quantitative estimate of drug-likeness (QED) is 0.559. The van der Waals surface area contributed by atoms with Crippen molar-refractivity contribution in [1.82, 2.24) is 14.9 Å². The molecule has 8 heteroatoms. The minimum absolute atomic E-state index is 0.259. The second-order valence-corrected chi connectivity index (χ2v) is 5.39. The smallest absolute Gasteiger partial charge is 0.216 e. The summed E-state index contributed by atoms with van der Waals surface area (Å²) in [5, 5.41) is 11.0. The molecule has 1 N–H and O–H groups in total. The molecule has 0 saturated carbocycles. The second-order valence-electron chi connectivity index (χ2n) is 5.00. The summed E-state index contributed by atoms with van der Waals surface area (Å²) in [7, 11) is 3.12. The highest BCUT2D eigenvalue weighted by Crippen LogP contribution is 2.27. The fourth-order valence-corrected chi connectivity index (χ4v) is 2.45. The maximum Gasteiger partial charge on any atom is 0.216 e. The van der Waals surface area contributed by atoms with Crippen LogP contribution >= 0.6 is 12.2 Å². The van der Waals surface area contributed by atoms with Gasteiger partial charge in [-0.2, -0.15) is 14.9 Å². The molecule has 3 aromatic rings. The van der Waals surface area contributed by atoms with Crippen LogP contribution in [0.3, 0.4) is 0 Å². The van der Waals surface area contributed by atoms with Gasteiger partial charge in [-0.3, -0.25) is 0 Å². The van der Waals surface area contributed by atoms with Crippen LogP contribution in [0, 0.1) is 10.6 Å². The first-order valence-corrected chi connectivity index (χ1v) is 7.73. The van der Waals surface area contributed by atoms with E-state index in [1.807, 2.05) is 6.07 Å². The van der Waals surface area contributed by atoms with Gasteiger partial charge in [-0.25, -0.2) is 9.49 Å². The number of nitrogens with zero attached hydrogens (tertiary/aromatic N) is 3. The van der Waals surface area contributed by atoms with E-state index in [1.54, 1.807) is 50.8 Å². The van der Waals surface area contributed by atoms with Gasteiger partial charge >= 0.3 is 0 Å². The van der Waals surface area contributed by atoms with Gasteiger partial charge in [-0.1, -0.05) is 12.1 Å². The predicted octanol–water partition coefficient (Wildman–Crippen LogP) is 3.65. The predicted molar refractivity (Wildman–Crippen MR) is 95.3 cm³/mol. The van der Waals surface area contributed by atoms with E-state index in [0.717, 1.165) is 5.56 Å². The first kappa shape index (κ1) is 16.8. The zero-order valence-corrected chi connectivity index (χ0v) is 14.4. The Hall–Kier alpha value is -3.00. The average Bonchev–Trinajstić information content (AvgIpc) is 3.00. The lowest BCUT2D eigenvalue weighted by Gasteiger charge is -2.07. The summed E-state index contributed by atoms with van der Waals surface area (Å²) in [6.07, 6.45) is 1.58. The molecule has 3 rings (SSSR count). The average molecular weight is 358 g/mol. The van der Waals surface area contributed by atoms with Gasteiger partial charge < -0.3 is 9.47 Å². The topological polar surface area (TPSA) is 64.4 Å². The Bertz CT molecular complexity index is 981. The van der Waals surface area contributed by atoms with Crippen LogP contribution in [-0.4, -0.2) is 35.3 Å². The summed E-state index contributed by atoms with van der Waals surface area (Å²) in [6.45, 7) is 0. The van der Waals surface area contributed by atoms with Gasteiger partial charge in [0.1, 0.15) is 5.82 Å². The van der Waals surface area contributed by atoms with Crippen LogP contribution in [0.15, 0.2) is 47.6 Å². The molecule has 0 aliphatic rings. The fourth-order valence-electron chi connectivity index (χ4n) is 2.27. The van der Waals surface area contributed by atoms with Gasteiger partial charge in [-0.05, 0) is 48.1 Å². The van der Waals surface area contributed by atoms with Crippen LogP contribution in [0.1, 0.15) is 5.56 Å². The summed E-state index contributed by atoms with van der Waals surface area (Å²) in [6, 6.07) is 11.7. The second kappa shape index (κ2) is 7.27. The molecule has 25 heavy (non-hydrogen) atoms. The van der Waals surface area contributed by atoms with Crippen molar-refractivity contribution in [2.45, 2.75) is 0 Å². The molecule has 0 aliphatic carbocycles. The third kappa shape index (κ3) is 3.43. The molecular weight excluding hydrogens is 343 g/mol. The first-order valence-electron chi connectivity index (χ1n) is 7.32. The number of halogens is 1. The Morgan fingerprint density at radius 2 is 1.92 bits per heavy atom. The van der Waals surface area contributed by atoms with E-state index in [9.17, 15) is 4.39 Å². The van der Waals surface area contributed by atoms with Crippen LogP contribution in [0.2, 0.25) is 0 Å². The van der Waals surface area contributed by atoms with Gasteiger partial charge in [-0.15, -0.1) is 0 Å². The molecule has 2 aromatic carbocycles. The number of hydrogen-bond acceptors (Lipinski definition) is 5. The van der Waals surface area contributed by atoms with E-state index in [-0.39, 0.29) is 4.77 Å². The van der Waals surface area contributed by atoms with E-state index < -0.39 is 5.82 Å². The van der Waals surface area contributed by atoms with Crippen LogP contribution in [0.5, 0.6) is 11.5 Å². The zero-order chi connectivity index (χ0) is 17.8. The number of rotatable bonds is 5. The highest BCUT2D eigenvalue weighted by atomic mass is 32.1. The number of ether oxygens (including phenoxy) is 2. The third-order valence-corrected chi connectivity index (χ3v) is 3.76. The molecular formula is C17H15FN4O2S. The molecule has 0 unspecified atom stereocenters. The van der Waals surface area contributed by atoms with E-state index in [4.69, 9.17) is 21.7 Å². The molecule has 6 nitrogen and oxygen atoms in total. The highest BCUT2D eigenvalue weighted by Gasteiger charge is 2.12. The summed E-state index contributed by atoms with van der Waals surface area (Å²) in [4.78, 5) is 0. The monoisotopic (exact) mass is 358 g/mol. The summed E-state index contributed by atoms with van der Waals surface area (Å²) in [5.74, 6) is 1.09. The van der Waals surface area contributed by atoms with Gasteiger partial charge in [0.05, 0.1) is 26.0 Å². The van der Waals surface area contributed by atoms with E-state index >= 15 is 0 Å². The van der Waals surface area contributed by atoms with Crippen molar-refractivity contribution in [3.05, 3.63) is 58.6 Å². The van der Waals surface area contributed by atoms with E-state index in [1.165, 1.54) is 10.7 Å². The third-order valence-electron chi connectivity index (χ3n) is 3.50. The standard InChI is InChI=1S/C17H15FN4O2S/c1-23-14-8-7-11(9-15(14)24-2)10-19-22-16(20-21-17(22)25)12-5-3-4-6-13(12)18/h3-10H,1-2H3,(H,21,25)/b19-10-. The normalized spacial score (nSPS) is 11.0. The summed E-state index contributed by atoms with van der Waals surface area (Å²) in [5.41, 5.74) is 1.07. The summed E-state index contributed by atoms with van der Waals surface area (Å²) >= 11 is 5.18. The van der Waals surface area contributed by atoms with Gasteiger partial charge in [0.15, 0.2) is 17.3 Å². The molecule has 0 bridgehead atoms. The maximum absolute atomic E-state index is 14.0. The van der Waals surface area contributed by atoms with Crippen LogP contribution in [0.4, 0.5) is 4.39 Å². The van der Waals surface area contributed by atoms with Gasteiger partial charge in [0, 0.05) is 0 Å². The minimum Gasteiger partial charge on any atom is -0.493 e. The van der Waals surface area contributed by atoms with Gasteiger partial charge in [0.2, 0.25) is 4.77 Å². The maximum atomic E-state index is 14.0. The van der Waals surface area contributed by atoms with Gasteiger partial charge in [0.25, 0.3) is 0 Å². The van der Waals surface area contributed by atoms with E-state index in [2.05, 4.69) is 15.3 Å². The number of methoxy groups -OCH3 is 2. The Morgan fingerprint density at radius 1 is 1.16 bits per heavy atom. The molecule has 0 fully saturated rings. The van der Waals surface area contributed by atoms with Crippen LogP contribution in [0.25, 0.3) is 11.4 Å². The van der Waals surface area contributed by atoms with Crippen molar-refractivity contribution in [2.75, 3.05) is 14.2 Å². The van der Waals surface area contributed by atoms with Crippen molar-refractivity contribution >= 4 is 18.4 Å². The molecule has 0 aliphatic heterocycles. The minimum atomic E-state index is -0.404. The number of nitrogens with one attached hydrogen (secondary N) is 1. The molecule has 1 heterocycles. The molecule has 0 spiro atoms. The van der Waals surface area contributed by atoms with Crippen molar-refractivity contribution < 1.29 is 13.9 Å². The number of benzene rings is 2. The lowest BCUT2D eigenvalue weighted by Crippen LogP contribution is -1.97. The Labute approximate surface area is 148 Å². The van der Waals surface area contributed by atoms with Crippen LogP contribution < -0.4 is 9.47 Å². The van der Waals surface area contributed by atoms with E-state index in [0.29, 0.717) is 22.9 Å². The Balaban J connectivity index is 1.99. The molecule has 0 saturated heterocycles. The molecule has 1 aromatic heterocycles. The number of hydrogen-bond donors (Lipinski definition) is 1. The van der Waals surface area contributed by atoms with Crippen LogP contribution in [-0.2, 0) is 0 Å². The first-order chi connectivity index (χ1) is 12.1. The molecule has 0 radical (unpaired) electrons. The Kier molecular flexibility index (Phi) is 4.90. The number of aromatic amines is 1. The van der Waals surface area contributed by atoms with Crippen molar-refractivity contribution in [1.29, 1.82) is 0 Å². The molecule has 0 amide bonds. The molecule has 0 atom stereocenters. The fraction of sp³-hybridized carbons (Fsp3) is 0.118. The largest absolute Gasteiger partial charge is 0.493 e. The SMILES string of the molecule is COc1ccc(/C=N\n2c(-c3ccccc3F)n[nH]c2=S)cc1OC. The Morgan fingerprint density at radius 3 is 2.64 bits per heavy atom. The lowest BCUT2D eigenvalue weighted by atomic mass is 10.2. The molecule has 128 valence electrons. The zero-order valence-electron chi connectivity index (χ0n) is 13.6. The van der Waals surface area contributed by atoms with Crippen molar-refractivity contribution in [3.8, 4) is 22.9 Å². The highest BCUT2D eigenvalue weighted by molar-refractivity contribution is 7.71. The lowest BCUT2D eigenvalue weighted by molar-refractivity contribution is 0.355. The van der Waals surface area contributed by atoms with Crippen molar-refractivity contribution in [3.63, 3.8) is 0 Å². The number of H-pyrrole nitrogens is 1. The number of aromatic nitrogens is 3.